The molecule has 5 heteroatoms. The molecule has 8 aromatic rings. The third-order valence-corrected chi connectivity index (χ3v) is 9.70. The van der Waals surface area contributed by atoms with E-state index in [2.05, 4.69) is 143 Å². The molecule has 47 heavy (non-hydrogen) atoms. The highest BCUT2D eigenvalue weighted by molar-refractivity contribution is 6.18. The van der Waals surface area contributed by atoms with E-state index in [4.69, 9.17) is 9.40 Å². The van der Waals surface area contributed by atoms with Crippen LogP contribution >= 0.6 is 0 Å². The van der Waals surface area contributed by atoms with Crippen molar-refractivity contribution in [1.82, 2.24) is 20.3 Å². The van der Waals surface area contributed by atoms with E-state index in [9.17, 15) is 0 Å². The summed E-state index contributed by atoms with van der Waals surface area (Å²) in [7, 11) is 0. The van der Waals surface area contributed by atoms with Gasteiger partial charge in [0.15, 0.2) is 5.58 Å². The zero-order chi connectivity index (χ0) is 30.9. The van der Waals surface area contributed by atoms with Crippen molar-refractivity contribution < 1.29 is 4.42 Å². The molecule has 0 spiro atoms. The number of rotatable bonds is 5. The van der Waals surface area contributed by atoms with Gasteiger partial charge in [0.25, 0.3) is 0 Å². The smallest absolute Gasteiger partial charge is 0.227 e. The minimum Gasteiger partial charge on any atom is -0.435 e. The molecule has 0 saturated carbocycles. The van der Waals surface area contributed by atoms with Gasteiger partial charge in [0.05, 0.1) is 0 Å². The van der Waals surface area contributed by atoms with Crippen molar-refractivity contribution >= 4 is 32.6 Å². The quantitative estimate of drug-likeness (QED) is 0.156. The zero-order valence-corrected chi connectivity index (χ0v) is 25.5. The van der Waals surface area contributed by atoms with E-state index in [1.807, 2.05) is 30.3 Å². The van der Waals surface area contributed by atoms with Crippen LogP contribution in [0.2, 0.25) is 0 Å². The fourth-order valence-corrected chi connectivity index (χ4v) is 7.38. The molecule has 0 radical (unpaired) electrons. The van der Waals surface area contributed by atoms with Crippen LogP contribution in [0.4, 0.5) is 0 Å². The monoisotopic (exact) mass is 606 g/mol. The van der Waals surface area contributed by atoms with Gasteiger partial charge in [0.1, 0.15) is 24.0 Å². The maximum atomic E-state index is 6.52. The van der Waals surface area contributed by atoms with E-state index in [1.54, 1.807) is 0 Å². The Kier molecular flexibility index (Phi) is 5.93. The highest BCUT2D eigenvalue weighted by Gasteiger charge is 2.60. The topological polar surface area (TPSA) is 44.1 Å². The van der Waals surface area contributed by atoms with E-state index in [-0.39, 0.29) is 18.5 Å². The summed E-state index contributed by atoms with van der Waals surface area (Å²) in [6.07, 6.45) is 0.249. The Labute approximate surface area is 272 Å². The van der Waals surface area contributed by atoms with Crippen molar-refractivity contribution in [2.24, 2.45) is 0 Å². The predicted molar refractivity (Wildman–Crippen MR) is 188 cm³/mol. The van der Waals surface area contributed by atoms with Gasteiger partial charge in [-0.2, -0.15) is 10.0 Å². The number of hydrazine groups is 1. The van der Waals surface area contributed by atoms with E-state index in [0.29, 0.717) is 5.89 Å². The first-order chi connectivity index (χ1) is 23.3. The van der Waals surface area contributed by atoms with Gasteiger partial charge in [-0.15, -0.1) is 0 Å². The molecule has 224 valence electrons. The van der Waals surface area contributed by atoms with Gasteiger partial charge in [-0.1, -0.05) is 133 Å². The average molecular weight is 607 g/mol. The predicted octanol–water partition coefficient (Wildman–Crippen LogP) is 10.0. The standard InChI is InChI=1S/C42H30N4O/c1-4-10-27(11-5-1)28-16-21-32(22-17-28)40-44-39(31-12-6-2-7-13-31)45-42(46(40)45)34-23-19-29-18-20-30-24-25-36-38(37(30)35(29)26-34)47-41(43-36)33-14-8-3-9-15-33/h1-26,39-40,42,44H. The molecule has 1 N–H and O–H groups in total. The first-order valence-electron chi connectivity index (χ1n) is 16.1. The maximum Gasteiger partial charge on any atom is 0.227 e. The average Bonchev–Trinajstić information content (AvgIpc) is 3.49. The molecule has 3 heterocycles. The Balaban J connectivity index is 1.07. The van der Waals surface area contributed by atoms with Crippen molar-refractivity contribution in [1.29, 1.82) is 0 Å². The molecule has 0 amide bonds. The van der Waals surface area contributed by atoms with Gasteiger partial charge >= 0.3 is 0 Å². The van der Waals surface area contributed by atoms with Crippen LogP contribution in [-0.2, 0) is 0 Å². The van der Waals surface area contributed by atoms with Crippen molar-refractivity contribution in [2.45, 2.75) is 18.5 Å². The lowest BCUT2D eigenvalue weighted by molar-refractivity contribution is 0.314. The van der Waals surface area contributed by atoms with Gasteiger partial charge in [-0.3, -0.25) is 5.32 Å². The molecular weight excluding hydrogens is 576 g/mol. The van der Waals surface area contributed by atoms with Crippen molar-refractivity contribution in [3.63, 3.8) is 0 Å². The summed E-state index contributed by atoms with van der Waals surface area (Å²) >= 11 is 0. The van der Waals surface area contributed by atoms with Crippen LogP contribution in [0.25, 0.3) is 55.2 Å². The van der Waals surface area contributed by atoms with Crippen LogP contribution in [0.1, 0.15) is 35.2 Å². The third-order valence-electron chi connectivity index (χ3n) is 9.70. The Morgan fingerprint density at radius 3 is 1.79 bits per heavy atom. The lowest BCUT2D eigenvalue weighted by atomic mass is 9.98. The fourth-order valence-electron chi connectivity index (χ4n) is 7.38. The lowest BCUT2D eigenvalue weighted by Crippen LogP contribution is -2.27. The van der Waals surface area contributed by atoms with E-state index in [1.165, 1.54) is 38.6 Å². The van der Waals surface area contributed by atoms with Gasteiger partial charge in [0.2, 0.25) is 5.89 Å². The number of aromatic nitrogens is 1. The maximum absolute atomic E-state index is 6.52. The SMILES string of the molecule is c1ccc(-c2ccc(C3NC(c4ccccc4)N4C(c5ccc6ccc7ccc8nc(-c9ccccc9)oc8c7c6c5)N34)cc2)cc1. The molecule has 1 aromatic heterocycles. The highest BCUT2D eigenvalue weighted by Crippen LogP contribution is 2.57. The Morgan fingerprint density at radius 2 is 1.06 bits per heavy atom. The molecule has 0 bridgehead atoms. The van der Waals surface area contributed by atoms with Gasteiger partial charge in [-0.25, -0.2) is 4.98 Å². The molecule has 5 unspecified atom stereocenters. The molecule has 2 aliphatic heterocycles. The van der Waals surface area contributed by atoms with Crippen molar-refractivity contribution in [3.8, 4) is 22.6 Å². The molecule has 2 saturated heterocycles. The largest absolute Gasteiger partial charge is 0.435 e. The number of oxazole rings is 1. The van der Waals surface area contributed by atoms with Crippen LogP contribution in [-0.4, -0.2) is 15.0 Å². The van der Waals surface area contributed by atoms with E-state index >= 15 is 0 Å². The second-order valence-electron chi connectivity index (χ2n) is 12.4. The normalized spacial score (nSPS) is 21.7. The van der Waals surface area contributed by atoms with Crippen LogP contribution in [0.5, 0.6) is 0 Å². The number of benzene rings is 7. The molecule has 7 aromatic carbocycles. The number of fused-ring (bicyclic) bond motifs is 6. The first-order valence-corrected chi connectivity index (χ1v) is 16.1. The second-order valence-corrected chi connectivity index (χ2v) is 12.4. The van der Waals surface area contributed by atoms with Crippen LogP contribution in [0, 0.1) is 0 Å². The summed E-state index contributed by atoms with van der Waals surface area (Å²) in [5, 5.41) is 13.5. The van der Waals surface area contributed by atoms with Gasteiger partial charge in [-0.05, 0) is 68.2 Å². The number of nitrogens with zero attached hydrogens (tertiary/aromatic N) is 3. The molecule has 5 atom stereocenters. The van der Waals surface area contributed by atoms with Crippen LogP contribution in [0.3, 0.4) is 0 Å². The zero-order valence-electron chi connectivity index (χ0n) is 25.5. The summed E-state index contributed by atoms with van der Waals surface area (Å²) in [5.74, 6) is 0.646. The first kappa shape index (κ1) is 26.6. The molecule has 2 aliphatic rings. The van der Waals surface area contributed by atoms with Crippen molar-refractivity contribution in [3.05, 3.63) is 174 Å². The van der Waals surface area contributed by atoms with Gasteiger partial charge < -0.3 is 4.42 Å². The summed E-state index contributed by atoms with van der Waals surface area (Å²) < 4.78 is 6.52. The molecule has 0 aliphatic carbocycles. The Hall–Kier alpha value is -5.59. The van der Waals surface area contributed by atoms with E-state index in [0.717, 1.165) is 27.4 Å². The number of nitrogens with one attached hydrogen (secondary N) is 1. The minimum atomic E-state index is 0.0488. The third kappa shape index (κ3) is 4.32. The highest BCUT2D eigenvalue weighted by atomic mass is 16.3. The van der Waals surface area contributed by atoms with Crippen LogP contribution in [0.15, 0.2) is 162 Å². The molecular formula is C42H30N4O. The fraction of sp³-hybridized carbons (Fsp3) is 0.0714. The molecule has 10 rings (SSSR count). The minimum absolute atomic E-state index is 0.0488. The van der Waals surface area contributed by atoms with Crippen molar-refractivity contribution in [2.75, 3.05) is 0 Å². The number of hydrogen-bond donors (Lipinski definition) is 1. The summed E-state index contributed by atoms with van der Waals surface area (Å²) in [5.41, 5.74) is 8.90. The van der Waals surface area contributed by atoms with Gasteiger partial charge in [0, 0.05) is 10.9 Å². The van der Waals surface area contributed by atoms with E-state index < -0.39 is 0 Å². The second kappa shape index (κ2) is 10.5. The Bertz CT molecular complexity index is 2410. The summed E-state index contributed by atoms with van der Waals surface area (Å²) in [4.78, 5) is 4.88. The summed E-state index contributed by atoms with van der Waals surface area (Å²) in [6, 6.07) is 56.0. The van der Waals surface area contributed by atoms with Crippen LogP contribution < -0.4 is 5.32 Å². The molecule has 2 fully saturated rings. The summed E-state index contributed by atoms with van der Waals surface area (Å²) in [6.45, 7) is 0. The lowest BCUT2D eigenvalue weighted by Gasteiger charge is -2.21. The Morgan fingerprint density at radius 1 is 0.511 bits per heavy atom. The number of hydrogen-bond acceptors (Lipinski definition) is 5. The molecule has 5 nitrogen and oxygen atoms in total.